The number of nitrogens with zero attached hydrogens (tertiary/aromatic N) is 5. The molecule has 2 amide bonds. The van der Waals surface area contributed by atoms with Gasteiger partial charge in [-0.15, -0.1) is 0 Å². The van der Waals surface area contributed by atoms with E-state index in [0.717, 1.165) is 35.3 Å². The van der Waals surface area contributed by atoms with E-state index in [4.69, 9.17) is 9.73 Å². The molecule has 9 nitrogen and oxygen atoms in total. The van der Waals surface area contributed by atoms with Crippen molar-refractivity contribution in [1.29, 1.82) is 0 Å². The number of nitrogens with one attached hydrogen (secondary N) is 1. The summed E-state index contributed by atoms with van der Waals surface area (Å²) < 4.78 is 7.21. The van der Waals surface area contributed by atoms with Crippen LogP contribution in [0.3, 0.4) is 0 Å². The van der Waals surface area contributed by atoms with Crippen LogP contribution in [0.25, 0.3) is 16.8 Å². The van der Waals surface area contributed by atoms with Gasteiger partial charge in [-0.3, -0.25) is 4.79 Å². The summed E-state index contributed by atoms with van der Waals surface area (Å²) >= 11 is 0. The maximum absolute atomic E-state index is 13.9. The summed E-state index contributed by atoms with van der Waals surface area (Å²) in [4.78, 5) is 34.8. The molecular weight excluding hydrogens is 492 g/mol. The number of alkyl carbamates (subject to hydrolysis) is 1. The molecule has 1 fully saturated rings. The number of benzene rings is 2. The first kappa shape index (κ1) is 26.2. The van der Waals surface area contributed by atoms with Gasteiger partial charge in [0.25, 0.3) is 5.91 Å². The van der Waals surface area contributed by atoms with Crippen LogP contribution in [0.1, 0.15) is 39.2 Å². The van der Waals surface area contributed by atoms with Crippen LogP contribution in [0, 0.1) is 0 Å². The van der Waals surface area contributed by atoms with E-state index in [1.54, 1.807) is 22.0 Å². The van der Waals surface area contributed by atoms with Crippen LogP contribution in [0.5, 0.6) is 0 Å². The second-order valence-corrected chi connectivity index (χ2v) is 10.8. The topological polar surface area (TPSA) is 92.1 Å². The first-order valence-electron chi connectivity index (χ1n) is 13.2. The lowest BCUT2D eigenvalue weighted by molar-refractivity contribution is -0.126. The molecule has 0 unspecified atom stereocenters. The Bertz CT molecular complexity index is 1420. The van der Waals surface area contributed by atoms with Gasteiger partial charge in [-0.2, -0.15) is 9.78 Å². The number of rotatable bonds is 3. The maximum atomic E-state index is 13.9. The normalized spacial score (nSPS) is 17.5. The fraction of sp³-hybridized carbons (Fsp3) is 0.333. The lowest BCUT2D eigenvalue weighted by Gasteiger charge is -2.34. The molecule has 0 aliphatic carbocycles. The second kappa shape index (κ2) is 10.8. The zero-order valence-electron chi connectivity index (χ0n) is 22.8. The molecule has 1 aromatic heterocycles. The standard InChI is InChI=1S/C30H34N6O3/c1-30(2,3)39-29(38)33-22-13-10-18-35(20-22)27(37)24-19-31-28(34(4)26-15-9-8-14-23(24)26)36-25(16-17-32-36)21-11-6-5-7-12-21/h5-9,11-12,14-17,19,22H,10,13,18,20H2,1-4H3,(H,33,38)/t22-/m1/s1. The van der Waals surface area contributed by atoms with Crippen LogP contribution in [0.2, 0.25) is 0 Å². The third-order valence-corrected chi connectivity index (χ3v) is 6.73. The van der Waals surface area contributed by atoms with Gasteiger partial charge >= 0.3 is 6.09 Å². The highest BCUT2D eigenvalue weighted by Gasteiger charge is 2.31. The lowest BCUT2D eigenvalue weighted by atomic mass is 10.00. The number of amides is 2. The number of carbonyl (C=O) groups excluding carboxylic acids is 2. The van der Waals surface area contributed by atoms with Gasteiger partial charge in [-0.05, 0) is 45.7 Å². The minimum atomic E-state index is -0.584. The highest BCUT2D eigenvalue weighted by atomic mass is 16.6. The molecule has 1 saturated heterocycles. The number of hydrogen-bond donors (Lipinski definition) is 1. The minimum Gasteiger partial charge on any atom is -0.444 e. The largest absolute Gasteiger partial charge is 0.444 e. The van der Waals surface area contributed by atoms with Crippen molar-refractivity contribution in [2.24, 2.45) is 4.99 Å². The maximum Gasteiger partial charge on any atom is 0.407 e. The number of para-hydroxylation sites is 1. The molecule has 9 heteroatoms. The number of carbonyl (C=O) groups is 2. The average Bonchev–Trinajstić information content (AvgIpc) is 3.34. The van der Waals surface area contributed by atoms with Crippen LogP contribution in [0.15, 0.2) is 78.1 Å². The molecule has 1 atom stereocenters. The van der Waals surface area contributed by atoms with Crippen molar-refractivity contribution < 1.29 is 14.3 Å². The van der Waals surface area contributed by atoms with E-state index in [1.807, 2.05) is 93.4 Å². The number of anilines is 1. The number of aliphatic imine (C=N–C) groups is 1. The average molecular weight is 527 g/mol. The van der Waals surface area contributed by atoms with E-state index in [0.29, 0.717) is 24.6 Å². The Morgan fingerprint density at radius 3 is 2.54 bits per heavy atom. The van der Waals surface area contributed by atoms with E-state index < -0.39 is 11.7 Å². The van der Waals surface area contributed by atoms with Crippen molar-refractivity contribution in [2.45, 2.75) is 45.3 Å². The van der Waals surface area contributed by atoms with Crippen molar-refractivity contribution in [3.63, 3.8) is 0 Å². The Morgan fingerprint density at radius 1 is 1.03 bits per heavy atom. The third-order valence-electron chi connectivity index (χ3n) is 6.73. The van der Waals surface area contributed by atoms with E-state index in [1.165, 1.54) is 0 Å². The molecule has 0 saturated carbocycles. The Balaban J connectivity index is 1.45. The van der Waals surface area contributed by atoms with Gasteiger partial charge in [0, 0.05) is 43.5 Å². The van der Waals surface area contributed by atoms with Gasteiger partial charge in [-0.1, -0.05) is 48.5 Å². The van der Waals surface area contributed by atoms with Crippen molar-refractivity contribution >= 4 is 29.2 Å². The molecule has 0 spiro atoms. The van der Waals surface area contributed by atoms with Gasteiger partial charge in [0.2, 0.25) is 5.96 Å². The third kappa shape index (κ3) is 5.72. The Morgan fingerprint density at radius 2 is 1.77 bits per heavy atom. The summed E-state index contributed by atoms with van der Waals surface area (Å²) in [5.74, 6) is 0.456. The van der Waals surface area contributed by atoms with E-state index in [-0.39, 0.29) is 11.9 Å². The molecule has 2 aromatic carbocycles. The Hall–Kier alpha value is -4.40. The van der Waals surface area contributed by atoms with E-state index in [2.05, 4.69) is 10.4 Å². The molecule has 2 aliphatic rings. The van der Waals surface area contributed by atoms with Crippen LogP contribution >= 0.6 is 0 Å². The number of aromatic nitrogens is 2. The SMILES string of the molecule is CN1C(n2nccc2-c2ccccc2)=NC=C(C(=O)N2CCC[C@@H](NC(=O)OC(C)(C)C)C2)c2ccccc21. The highest BCUT2D eigenvalue weighted by Crippen LogP contribution is 2.32. The summed E-state index contributed by atoms with van der Waals surface area (Å²) in [5, 5.41) is 7.50. The monoisotopic (exact) mass is 526 g/mol. The molecule has 0 bridgehead atoms. The van der Waals surface area contributed by atoms with E-state index >= 15 is 0 Å². The van der Waals surface area contributed by atoms with Gasteiger partial charge < -0.3 is 19.9 Å². The Labute approximate surface area is 228 Å². The molecule has 3 aromatic rings. The summed E-state index contributed by atoms with van der Waals surface area (Å²) in [6.45, 7) is 6.50. The van der Waals surface area contributed by atoms with Crippen LogP contribution in [-0.2, 0) is 9.53 Å². The summed E-state index contributed by atoms with van der Waals surface area (Å²) in [6.07, 6.45) is 4.48. The molecular formula is C30H34N6O3. The molecule has 202 valence electrons. The van der Waals surface area contributed by atoms with E-state index in [9.17, 15) is 9.59 Å². The van der Waals surface area contributed by atoms with Crippen molar-refractivity contribution in [3.8, 4) is 11.3 Å². The summed E-state index contributed by atoms with van der Waals surface area (Å²) in [7, 11) is 1.93. The Kier molecular flexibility index (Phi) is 7.24. The summed E-state index contributed by atoms with van der Waals surface area (Å²) in [6, 6.07) is 19.6. The van der Waals surface area contributed by atoms with Gasteiger partial charge in [-0.25, -0.2) is 9.79 Å². The number of fused-ring (bicyclic) bond motifs is 1. The van der Waals surface area contributed by atoms with Crippen molar-refractivity contribution in [2.75, 3.05) is 25.0 Å². The van der Waals surface area contributed by atoms with Gasteiger partial charge in [0.05, 0.1) is 23.2 Å². The number of ether oxygens (including phenoxy) is 1. The van der Waals surface area contributed by atoms with Crippen LogP contribution in [-0.4, -0.2) is 64.4 Å². The zero-order chi connectivity index (χ0) is 27.6. The lowest BCUT2D eigenvalue weighted by Crippen LogP contribution is -2.50. The fourth-order valence-corrected chi connectivity index (χ4v) is 4.96. The molecule has 5 rings (SSSR count). The molecule has 2 aliphatic heterocycles. The molecule has 39 heavy (non-hydrogen) atoms. The predicted molar refractivity (Wildman–Crippen MR) is 152 cm³/mol. The van der Waals surface area contributed by atoms with Gasteiger partial charge in [0.15, 0.2) is 0 Å². The minimum absolute atomic E-state index is 0.125. The quantitative estimate of drug-likeness (QED) is 0.531. The molecule has 0 radical (unpaired) electrons. The highest BCUT2D eigenvalue weighted by molar-refractivity contribution is 6.22. The van der Waals surface area contributed by atoms with Crippen molar-refractivity contribution in [1.82, 2.24) is 20.0 Å². The first-order chi connectivity index (χ1) is 18.7. The number of piperidine rings is 1. The van der Waals surface area contributed by atoms with Crippen molar-refractivity contribution in [3.05, 3.63) is 78.6 Å². The second-order valence-electron chi connectivity index (χ2n) is 10.8. The molecule has 3 heterocycles. The predicted octanol–water partition coefficient (Wildman–Crippen LogP) is 4.76. The fourth-order valence-electron chi connectivity index (χ4n) is 4.96. The van der Waals surface area contributed by atoms with Crippen LogP contribution < -0.4 is 10.2 Å². The first-order valence-corrected chi connectivity index (χ1v) is 13.2. The van der Waals surface area contributed by atoms with Crippen LogP contribution in [0.4, 0.5) is 10.5 Å². The molecule has 1 N–H and O–H groups in total. The number of hydrogen-bond acceptors (Lipinski definition) is 6. The smallest absolute Gasteiger partial charge is 0.407 e. The van der Waals surface area contributed by atoms with Gasteiger partial charge in [0.1, 0.15) is 5.60 Å². The summed E-state index contributed by atoms with van der Waals surface area (Å²) in [5.41, 5.74) is 3.47. The zero-order valence-corrected chi connectivity index (χ0v) is 22.8. The number of likely N-dealkylation sites (tertiary alicyclic amines) is 1.